The maximum absolute atomic E-state index is 10.2. The minimum atomic E-state index is -0.738. The van der Waals surface area contributed by atoms with E-state index in [4.69, 9.17) is 10.2 Å². The third-order valence-electron chi connectivity index (χ3n) is 2.17. The highest BCUT2D eigenvalue weighted by Gasteiger charge is 2.06. The molecule has 0 spiro atoms. The lowest BCUT2D eigenvalue weighted by atomic mass is 10.2. The Morgan fingerprint density at radius 3 is 2.54 bits per heavy atom. The minimum absolute atomic E-state index is 0.148. The van der Waals surface area contributed by atoms with Crippen molar-refractivity contribution in [3.8, 4) is 0 Å². The predicted octanol–water partition coefficient (Wildman–Crippen LogP) is 0.554. The first kappa shape index (κ1) is 12.4. The van der Waals surface area contributed by atoms with Crippen LogP contribution in [0.5, 0.6) is 0 Å². The van der Waals surface area contributed by atoms with Gasteiger partial charge >= 0.3 is 5.97 Å². The molecule has 0 aromatic rings. The summed E-state index contributed by atoms with van der Waals surface area (Å²) in [7, 11) is 1.93. The molecule has 13 heavy (non-hydrogen) atoms. The summed E-state index contributed by atoms with van der Waals surface area (Å²) in [6.45, 7) is 2.93. The van der Waals surface area contributed by atoms with E-state index in [-0.39, 0.29) is 19.1 Å². The van der Waals surface area contributed by atoms with E-state index in [1.165, 1.54) is 0 Å². The molecule has 4 heteroatoms. The fourth-order valence-corrected chi connectivity index (χ4v) is 0.997. The SMILES string of the molecule is CC(CO)N(C)CCCCC(=O)O. The van der Waals surface area contributed by atoms with Gasteiger partial charge in [0.05, 0.1) is 6.61 Å². The molecule has 2 N–H and O–H groups in total. The second-order valence-corrected chi connectivity index (χ2v) is 3.36. The van der Waals surface area contributed by atoms with Crippen molar-refractivity contribution in [3.05, 3.63) is 0 Å². The molecule has 78 valence electrons. The Hall–Kier alpha value is -0.610. The fourth-order valence-electron chi connectivity index (χ4n) is 0.997. The van der Waals surface area contributed by atoms with Gasteiger partial charge in [-0.1, -0.05) is 0 Å². The number of nitrogens with zero attached hydrogens (tertiary/aromatic N) is 1. The number of carboxylic acids is 1. The van der Waals surface area contributed by atoms with E-state index >= 15 is 0 Å². The van der Waals surface area contributed by atoms with Gasteiger partial charge in [0, 0.05) is 12.5 Å². The molecule has 0 aliphatic rings. The van der Waals surface area contributed by atoms with Gasteiger partial charge in [0.1, 0.15) is 0 Å². The van der Waals surface area contributed by atoms with Crippen LogP contribution in [0.4, 0.5) is 0 Å². The number of unbranched alkanes of at least 4 members (excludes halogenated alkanes) is 1. The van der Waals surface area contributed by atoms with Crippen LogP contribution in [0.15, 0.2) is 0 Å². The van der Waals surface area contributed by atoms with E-state index in [0.29, 0.717) is 6.42 Å². The molecular weight excluding hydrogens is 170 g/mol. The Morgan fingerprint density at radius 1 is 1.46 bits per heavy atom. The summed E-state index contributed by atoms with van der Waals surface area (Å²) in [5, 5.41) is 17.2. The van der Waals surface area contributed by atoms with Crippen LogP contribution in [0.2, 0.25) is 0 Å². The summed E-state index contributed by atoms with van der Waals surface area (Å²) < 4.78 is 0. The number of carboxylic acid groups (broad SMARTS) is 1. The summed E-state index contributed by atoms with van der Waals surface area (Å²) >= 11 is 0. The molecule has 0 amide bonds. The van der Waals surface area contributed by atoms with Crippen LogP contribution in [0.25, 0.3) is 0 Å². The third kappa shape index (κ3) is 6.54. The van der Waals surface area contributed by atoms with E-state index in [9.17, 15) is 4.79 Å². The lowest BCUT2D eigenvalue weighted by Gasteiger charge is -2.22. The minimum Gasteiger partial charge on any atom is -0.481 e. The molecule has 1 atom stereocenters. The largest absolute Gasteiger partial charge is 0.481 e. The molecule has 0 aliphatic carbocycles. The molecule has 0 heterocycles. The van der Waals surface area contributed by atoms with E-state index in [1.54, 1.807) is 0 Å². The third-order valence-corrected chi connectivity index (χ3v) is 2.17. The predicted molar refractivity (Wildman–Crippen MR) is 50.7 cm³/mol. The lowest BCUT2D eigenvalue weighted by Crippen LogP contribution is -2.32. The summed E-state index contributed by atoms with van der Waals surface area (Å²) in [4.78, 5) is 12.2. The number of aliphatic carboxylic acids is 1. The van der Waals surface area contributed by atoms with E-state index in [2.05, 4.69) is 0 Å². The lowest BCUT2D eigenvalue weighted by molar-refractivity contribution is -0.137. The van der Waals surface area contributed by atoms with Crippen LogP contribution in [0.1, 0.15) is 26.2 Å². The second-order valence-electron chi connectivity index (χ2n) is 3.36. The van der Waals surface area contributed by atoms with Gasteiger partial charge in [-0.15, -0.1) is 0 Å². The Kier molecular flexibility index (Phi) is 6.54. The van der Waals surface area contributed by atoms with Gasteiger partial charge < -0.3 is 15.1 Å². The van der Waals surface area contributed by atoms with Gasteiger partial charge in [-0.3, -0.25) is 4.79 Å². The Balaban J connectivity index is 3.36. The van der Waals surface area contributed by atoms with Gasteiger partial charge in [0.2, 0.25) is 0 Å². The molecule has 0 bridgehead atoms. The zero-order chi connectivity index (χ0) is 10.3. The van der Waals surface area contributed by atoms with Gasteiger partial charge in [-0.2, -0.15) is 0 Å². The van der Waals surface area contributed by atoms with E-state index < -0.39 is 5.97 Å². The molecule has 0 radical (unpaired) electrons. The van der Waals surface area contributed by atoms with Crippen molar-refractivity contribution in [1.82, 2.24) is 4.90 Å². The average molecular weight is 189 g/mol. The zero-order valence-corrected chi connectivity index (χ0v) is 8.36. The Labute approximate surface area is 79.2 Å². The van der Waals surface area contributed by atoms with Crippen molar-refractivity contribution in [2.24, 2.45) is 0 Å². The van der Waals surface area contributed by atoms with Crippen LogP contribution in [0, 0.1) is 0 Å². The zero-order valence-electron chi connectivity index (χ0n) is 8.36. The number of hydrogen-bond donors (Lipinski definition) is 2. The van der Waals surface area contributed by atoms with Crippen molar-refractivity contribution in [2.75, 3.05) is 20.2 Å². The summed E-state index contributed by atoms with van der Waals surface area (Å²) in [5.74, 6) is -0.738. The Bertz CT molecular complexity index is 150. The molecule has 0 aromatic carbocycles. The highest BCUT2D eigenvalue weighted by Crippen LogP contribution is 2.00. The second kappa shape index (κ2) is 6.86. The number of carbonyl (C=O) groups is 1. The molecule has 0 saturated carbocycles. The molecule has 0 aromatic heterocycles. The summed E-state index contributed by atoms with van der Waals surface area (Å²) in [6, 6.07) is 0.157. The molecule has 4 nitrogen and oxygen atoms in total. The number of aliphatic hydroxyl groups is 1. The standard InChI is InChI=1S/C9H19NO3/c1-8(7-11)10(2)6-4-3-5-9(12)13/h8,11H,3-7H2,1-2H3,(H,12,13). The maximum atomic E-state index is 10.2. The number of aliphatic hydroxyl groups excluding tert-OH is 1. The van der Waals surface area contributed by atoms with Crippen LogP contribution in [0.3, 0.4) is 0 Å². The molecule has 0 rings (SSSR count). The van der Waals surface area contributed by atoms with Gasteiger partial charge in [-0.05, 0) is 33.4 Å². The van der Waals surface area contributed by atoms with Crippen LogP contribution < -0.4 is 0 Å². The van der Waals surface area contributed by atoms with Crippen molar-refractivity contribution in [2.45, 2.75) is 32.2 Å². The first-order valence-corrected chi connectivity index (χ1v) is 4.60. The highest BCUT2D eigenvalue weighted by molar-refractivity contribution is 5.66. The molecular formula is C9H19NO3. The van der Waals surface area contributed by atoms with Gasteiger partial charge in [0.25, 0.3) is 0 Å². The average Bonchev–Trinajstić information content (AvgIpc) is 2.10. The number of hydrogen-bond acceptors (Lipinski definition) is 3. The van der Waals surface area contributed by atoms with Crippen molar-refractivity contribution < 1.29 is 15.0 Å². The van der Waals surface area contributed by atoms with Crippen molar-refractivity contribution >= 4 is 5.97 Å². The molecule has 1 unspecified atom stereocenters. The fraction of sp³-hybridized carbons (Fsp3) is 0.889. The topological polar surface area (TPSA) is 60.8 Å². The Morgan fingerprint density at radius 2 is 2.08 bits per heavy atom. The molecule has 0 fully saturated rings. The van der Waals surface area contributed by atoms with Crippen LogP contribution >= 0.6 is 0 Å². The van der Waals surface area contributed by atoms with Crippen molar-refractivity contribution in [3.63, 3.8) is 0 Å². The first-order valence-electron chi connectivity index (χ1n) is 4.60. The monoisotopic (exact) mass is 189 g/mol. The molecule has 0 saturated heterocycles. The van der Waals surface area contributed by atoms with Gasteiger partial charge in [0.15, 0.2) is 0 Å². The first-order chi connectivity index (χ1) is 6.07. The summed E-state index contributed by atoms with van der Waals surface area (Å²) in [6.07, 6.45) is 1.81. The van der Waals surface area contributed by atoms with Gasteiger partial charge in [-0.25, -0.2) is 0 Å². The maximum Gasteiger partial charge on any atom is 0.303 e. The quantitative estimate of drug-likeness (QED) is 0.574. The smallest absolute Gasteiger partial charge is 0.303 e. The normalized spacial score (nSPS) is 13.2. The van der Waals surface area contributed by atoms with E-state index in [1.807, 2.05) is 18.9 Å². The van der Waals surface area contributed by atoms with Crippen LogP contribution in [-0.2, 0) is 4.79 Å². The number of rotatable bonds is 7. The number of likely N-dealkylation sites (N-methyl/N-ethyl adjacent to an activating group) is 1. The van der Waals surface area contributed by atoms with Crippen LogP contribution in [-0.4, -0.2) is 47.3 Å². The van der Waals surface area contributed by atoms with Crippen molar-refractivity contribution in [1.29, 1.82) is 0 Å². The highest BCUT2D eigenvalue weighted by atomic mass is 16.4. The van der Waals surface area contributed by atoms with E-state index in [0.717, 1.165) is 13.0 Å². The summed E-state index contributed by atoms with van der Waals surface area (Å²) in [5.41, 5.74) is 0. The molecule has 0 aliphatic heterocycles.